The molecule has 2 unspecified atom stereocenters. The molecule has 4 fully saturated rings. The van der Waals surface area contributed by atoms with E-state index in [4.69, 9.17) is 11.5 Å². The number of primary amides is 2. The van der Waals surface area contributed by atoms with E-state index in [1.807, 2.05) is 0 Å². The summed E-state index contributed by atoms with van der Waals surface area (Å²) in [7, 11) is 0. The fourth-order valence-electron chi connectivity index (χ4n) is 9.41. The fraction of sp³-hybridized carbons (Fsp3) is 0.304. The highest BCUT2D eigenvalue weighted by molar-refractivity contribution is 8.02. The molecule has 0 aliphatic carbocycles. The van der Waals surface area contributed by atoms with Crippen LogP contribution >= 0.6 is 23.5 Å². The predicted octanol–water partition coefficient (Wildman–Crippen LogP) is 2.63. The number of amides is 10. The van der Waals surface area contributed by atoms with E-state index in [9.17, 15) is 58.2 Å². The lowest BCUT2D eigenvalue weighted by atomic mass is 9.93. The molecule has 4 heterocycles. The highest BCUT2D eigenvalue weighted by atomic mass is 32.2. The van der Waals surface area contributed by atoms with E-state index in [1.165, 1.54) is 60.7 Å². The zero-order chi connectivity index (χ0) is 49.3. The molecule has 68 heavy (non-hydrogen) atoms. The van der Waals surface area contributed by atoms with Gasteiger partial charge in [-0.25, -0.2) is 19.2 Å². The van der Waals surface area contributed by atoms with Crippen molar-refractivity contribution in [2.24, 2.45) is 11.5 Å². The molecule has 0 saturated carbocycles. The van der Waals surface area contributed by atoms with E-state index in [2.05, 4.69) is 10.6 Å². The van der Waals surface area contributed by atoms with Crippen LogP contribution in [0.3, 0.4) is 0 Å². The minimum absolute atomic E-state index is 0.117. The maximum atomic E-state index is 14.8. The van der Waals surface area contributed by atoms with Crippen LogP contribution in [0.2, 0.25) is 0 Å². The molecule has 352 valence electrons. The normalized spacial score (nSPS) is 23.7. The number of benzene rings is 4. The quantitative estimate of drug-likeness (QED) is 0.111. The van der Waals surface area contributed by atoms with Gasteiger partial charge in [0.2, 0.25) is 0 Å². The molecule has 20 nitrogen and oxygen atoms in total. The van der Waals surface area contributed by atoms with Crippen molar-refractivity contribution < 1.29 is 58.2 Å². The Morgan fingerprint density at radius 3 is 1.22 bits per heavy atom. The number of nitrogens with zero attached hydrogens (tertiary/aromatic N) is 4. The van der Waals surface area contributed by atoms with E-state index in [1.54, 1.807) is 64.1 Å². The summed E-state index contributed by atoms with van der Waals surface area (Å²) in [5.41, 5.74) is 11.2. The van der Waals surface area contributed by atoms with Crippen LogP contribution in [0.15, 0.2) is 97.1 Å². The summed E-state index contributed by atoms with van der Waals surface area (Å²) in [5.74, 6) is -8.15. The Balaban J connectivity index is 1.16. The number of aliphatic carboxylic acids is 2. The number of nitrogens with two attached hydrogens (primary N) is 2. The zero-order valence-electron chi connectivity index (χ0n) is 36.6. The lowest BCUT2D eigenvalue weighted by molar-refractivity contribution is -0.166. The van der Waals surface area contributed by atoms with Crippen LogP contribution in [0.25, 0.3) is 10.8 Å². The number of carboxylic acids is 2. The number of urea groups is 2. The average molecular weight is 965 g/mol. The molecule has 4 aromatic rings. The van der Waals surface area contributed by atoms with Gasteiger partial charge in [0.25, 0.3) is 35.4 Å². The molecule has 0 aromatic heterocycles. The summed E-state index contributed by atoms with van der Waals surface area (Å²) in [6, 6.07) is 13.2. The Morgan fingerprint density at radius 2 is 0.912 bits per heavy atom. The molecule has 0 bridgehead atoms. The Morgan fingerprint density at radius 1 is 0.574 bits per heavy atom. The first-order valence-electron chi connectivity index (χ1n) is 21.0. The van der Waals surface area contributed by atoms with Gasteiger partial charge in [0.1, 0.15) is 47.0 Å². The topological polar surface area (TPSA) is 300 Å². The molecule has 0 spiro atoms. The molecule has 10 amide bonds. The molecule has 8 atom stereocenters. The number of hydrogen-bond donors (Lipinski definition) is 6. The van der Waals surface area contributed by atoms with Crippen LogP contribution in [0.5, 0.6) is 0 Å². The number of fused-ring (bicyclic) bond motifs is 3. The number of carbonyl (C=O) groups excluding carboxylic acids is 8. The zero-order valence-corrected chi connectivity index (χ0v) is 38.2. The Hall–Kier alpha value is -7.46. The molecule has 22 heteroatoms. The van der Waals surface area contributed by atoms with Crippen molar-refractivity contribution in [3.63, 3.8) is 0 Å². The van der Waals surface area contributed by atoms with Crippen molar-refractivity contribution in [1.82, 2.24) is 30.2 Å². The van der Waals surface area contributed by atoms with Crippen molar-refractivity contribution in [2.75, 3.05) is 0 Å². The smallest absolute Gasteiger partial charge is 0.327 e. The molecule has 4 aliphatic heterocycles. The number of carbonyl (C=O) groups is 10. The number of rotatable bonds is 12. The van der Waals surface area contributed by atoms with E-state index >= 15 is 0 Å². The lowest BCUT2D eigenvalue weighted by Crippen LogP contribution is -2.72. The molecule has 8 N–H and O–H groups in total. The third-order valence-electron chi connectivity index (χ3n) is 12.4. The van der Waals surface area contributed by atoms with Gasteiger partial charge in [0.05, 0.1) is 0 Å². The molecular formula is C46H44N8O12S2. The van der Waals surface area contributed by atoms with Crippen molar-refractivity contribution in [3.05, 3.63) is 119 Å². The van der Waals surface area contributed by atoms with Gasteiger partial charge in [-0.05, 0) is 73.9 Å². The Kier molecular flexibility index (Phi) is 12.0. The van der Waals surface area contributed by atoms with Gasteiger partial charge >= 0.3 is 24.0 Å². The van der Waals surface area contributed by atoms with Gasteiger partial charge in [0, 0.05) is 20.6 Å². The number of imide groups is 2. The summed E-state index contributed by atoms with van der Waals surface area (Å²) in [6.45, 7) is 6.53. The molecule has 8 rings (SSSR count). The number of β-lactam (4-membered cyclic amide) rings is 2. The third-order valence-corrected chi connectivity index (χ3v) is 15.5. The second-order valence-electron chi connectivity index (χ2n) is 17.6. The SMILES string of the molecule is CC1(C)S[C@@H]2[C@H](N(C(=O)c3ccc4cc(C(=O)N(C(=O)C(NC(N)=O)c5ccccc5)[C@@H]5C(=O)N6[C@@H]5SC(C)(C)[C@@H]6C(=O)O)ccc4c3)C(=O)C(NC(N)=O)c3ccccc3)C(=O)N2[C@H]1C(=O)O. The Labute approximate surface area is 395 Å². The summed E-state index contributed by atoms with van der Waals surface area (Å²) in [6.07, 6.45) is 0. The minimum atomic E-state index is -1.55. The summed E-state index contributed by atoms with van der Waals surface area (Å²) >= 11 is 2.20. The molecular weight excluding hydrogens is 921 g/mol. The van der Waals surface area contributed by atoms with Crippen molar-refractivity contribution in [1.29, 1.82) is 0 Å². The van der Waals surface area contributed by atoms with Crippen LogP contribution in [0, 0.1) is 0 Å². The van der Waals surface area contributed by atoms with Crippen LogP contribution in [-0.4, -0.2) is 134 Å². The summed E-state index contributed by atoms with van der Waals surface area (Å²) in [4.78, 5) is 140. The van der Waals surface area contributed by atoms with Crippen LogP contribution in [-0.2, 0) is 28.8 Å². The van der Waals surface area contributed by atoms with E-state index < -0.39 is 116 Å². The van der Waals surface area contributed by atoms with E-state index in [0.717, 1.165) is 33.3 Å². The number of carboxylic acid groups (broad SMARTS) is 2. The van der Waals surface area contributed by atoms with Crippen LogP contribution in [0.4, 0.5) is 9.59 Å². The van der Waals surface area contributed by atoms with Crippen LogP contribution < -0.4 is 22.1 Å². The molecule has 4 aliphatic rings. The molecule has 0 radical (unpaired) electrons. The van der Waals surface area contributed by atoms with Gasteiger partial charge in [0.15, 0.2) is 0 Å². The van der Waals surface area contributed by atoms with Gasteiger partial charge < -0.3 is 42.1 Å². The van der Waals surface area contributed by atoms with Crippen molar-refractivity contribution in [2.45, 2.75) is 84.2 Å². The monoisotopic (exact) mass is 964 g/mol. The van der Waals surface area contributed by atoms with E-state index in [0.29, 0.717) is 20.6 Å². The summed E-state index contributed by atoms with van der Waals surface area (Å²) in [5, 5.41) is 23.6. The lowest BCUT2D eigenvalue weighted by Gasteiger charge is -2.48. The first-order valence-corrected chi connectivity index (χ1v) is 22.8. The first-order chi connectivity index (χ1) is 32.0. The van der Waals surface area contributed by atoms with Gasteiger partial charge in [-0.1, -0.05) is 72.8 Å². The average Bonchev–Trinajstić information content (AvgIpc) is 3.70. The summed E-state index contributed by atoms with van der Waals surface area (Å²) < 4.78 is -2.05. The van der Waals surface area contributed by atoms with E-state index in [-0.39, 0.29) is 22.3 Å². The molecule has 4 aromatic carbocycles. The first kappa shape index (κ1) is 47.0. The van der Waals surface area contributed by atoms with Gasteiger partial charge in [-0.15, -0.1) is 23.5 Å². The highest BCUT2D eigenvalue weighted by Crippen LogP contribution is 2.54. The number of nitrogens with one attached hydrogen (secondary N) is 2. The number of thioether (sulfide) groups is 2. The van der Waals surface area contributed by atoms with Crippen LogP contribution in [0.1, 0.15) is 71.6 Å². The maximum Gasteiger partial charge on any atom is 0.327 e. The third kappa shape index (κ3) is 7.91. The van der Waals surface area contributed by atoms with Crippen molar-refractivity contribution >= 4 is 93.7 Å². The second kappa shape index (κ2) is 17.3. The highest BCUT2D eigenvalue weighted by Gasteiger charge is 2.68. The molecule has 4 saturated heterocycles. The number of hydrogen-bond acceptors (Lipinski definition) is 12. The largest absolute Gasteiger partial charge is 0.480 e. The maximum absolute atomic E-state index is 14.8. The van der Waals surface area contributed by atoms with Gasteiger partial charge in [-0.2, -0.15) is 0 Å². The predicted molar refractivity (Wildman–Crippen MR) is 245 cm³/mol. The standard InChI is InChI=1S/C46H44N8O12S2/c1-45(2)31(41(61)62)53-37(59)29(39(53)67-45)51(35(57)27(49-43(47)65)21-11-7-5-8-12-21)33(55)25-17-15-24-20-26(18-16-23(24)19-25)34(56)52(36(58)28(50-44(48)66)22-13-9-6-10-14-22)30-38(60)54-32(42(63)64)46(3,4)68-40(30)54/h5-20,27-32,39-40H,1-4H3,(H,61,62)(H,63,64)(H3,47,49,65)(H3,48,50,66)/t27?,28?,29-,30-,31+,32+,39-,40-/m1/s1. The van der Waals surface area contributed by atoms with Gasteiger partial charge in [-0.3, -0.25) is 38.6 Å². The fourth-order valence-corrected chi connectivity index (χ4v) is 12.8. The Bertz CT molecular complexity index is 2660. The van der Waals surface area contributed by atoms with Crippen molar-refractivity contribution in [3.8, 4) is 0 Å². The second-order valence-corrected chi connectivity index (χ2v) is 21.1. The minimum Gasteiger partial charge on any atom is -0.480 e.